The van der Waals surface area contributed by atoms with Crippen molar-refractivity contribution in [3.8, 4) is 0 Å². The Morgan fingerprint density at radius 2 is 2.07 bits per heavy atom. The predicted molar refractivity (Wildman–Crippen MR) is 59.2 cm³/mol. The number of rotatable bonds is 9. The number of aldehydes is 1. The summed E-state index contributed by atoms with van der Waals surface area (Å²) in [6.45, 7) is 1.76. The SMILES string of the molecule is CN(C)CCCNNC(=O)CCCC=O. The van der Waals surface area contributed by atoms with Crippen LogP contribution in [0, 0.1) is 0 Å². The van der Waals surface area contributed by atoms with Gasteiger partial charge in [0, 0.05) is 19.4 Å². The summed E-state index contributed by atoms with van der Waals surface area (Å²) in [6.07, 6.45) is 3.29. The van der Waals surface area contributed by atoms with Gasteiger partial charge in [0.05, 0.1) is 0 Å². The van der Waals surface area contributed by atoms with E-state index >= 15 is 0 Å². The van der Waals surface area contributed by atoms with Gasteiger partial charge in [0.2, 0.25) is 5.91 Å². The molecular weight excluding hydrogens is 194 g/mol. The molecule has 0 saturated carbocycles. The van der Waals surface area contributed by atoms with Crippen LogP contribution in [0.5, 0.6) is 0 Å². The van der Waals surface area contributed by atoms with Gasteiger partial charge in [-0.05, 0) is 33.5 Å². The highest BCUT2D eigenvalue weighted by Crippen LogP contribution is 1.90. The van der Waals surface area contributed by atoms with E-state index in [1.807, 2.05) is 14.1 Å². The van der Waals surface area contributed by atoms with Gasteiger partial charge in [-0.1, -0.05) is 0 Å². The van der Waals surface area contributed by atoms with Gasteiger partial charge >= 0.3 is 0 Å². The molecule has 15 heavy (non-hydrogen) atoms. The summed E-state index contributed by atoms with van der Waals surface area (Å²) in [6, 6.07) is 0. The lowest BCUT2D eigenvalue weighted by Gasteiger charge is -2.10. The zero-order valence-electron chi connectivity index (χ0n) is 9.58. The molecule has 0 radical (unpaired) electrons. The number of hydrogen-bond donors (Lipinski definition) is 2. The smallest absolute Gasteiger partial charge is 0.234 e. The standard InChI is InChI=1S/C10H21N3O2/c1-13(2)8-5-7-11-12-10(15)6-3-4-9-14/h9,11H,3-8H2,1-2H3,(H,12,15). The third-order valence-corrected chi connectivity index (χ3v) is 1.86. The molecule has 5 heteroatoms. The van der Waals surface area contributed by atoms with E-state index in [-0.39, 0.29) is 5.91 Å². The van der Waals surface area contributed by atoms with Gasteiger partial charge in [-0.25, -0.2) is 5.43 Å². The molecule has 0 unspecified atom stereocenters. The van der Waals surface area contributed by atoms with Crippen molar-refractivity contribution in [1.29, 1.82) is 0 Å². The fourth-order valence-corrected chi connectivity index (χ4v) is 1.05. The van der Waals surface area contributed by atoms with Crippen LogP contribution in [0.25, 0.3) is 0 Å². The highest BCUT2D eigenvalue weighted by Gasteiger charge is 1.99. The fourth-order valence-electron chi connectivity index (χ4n) is 1.05. The number of hydrazine groups is 1. The fraction of sp³-hybridized carbons (Fsp3) is 0.800. The van der Waals surface area contributed by atoms with Crippen LogP contribution in [0.2, 0.25) is 0 Å². The maximum absolute atomic E-state index is 11.1. The molecule has 0 atom stereocenters. The summed E-state index contributed by atoms with van der Waals surface area (Å²) < 4.78 is 0. The van der Waals surface area contributed by atoms with Crippen LogP contribution < -0.4 is 10.9 Å². The van der Waals surface area contributed by atoms with Crippen LogP contribution in [0.15, 0.2) is 0 Å². The van der Waals surface area contributed by atoms with Crippen molar-refractivity contribution in [3.05, 3.63) is 0 Å². The van der Waals surface area contributed by atoms with Crippen molar-refractivity contribution >= 4 is 12.2 Å². The van der Waals surface area contributed by atoms with Gasteiger partial charge in [-0.15, -0.1) is 0 Å². The maximum atomic E-state index is 11.1. The van der Waals surface area contributed by atoms with Crippen molar-refractivity contribution in [3.63, 3.8) is 0 Å². The quantitative estimate of drug-likeness (QED) is 0.321. The number of unbranched alkanes of at least 4 members (excludes halogenated alkanes) is 1. The van der Waals surface area contributed by atoms with Gasteiger partial charge in [0.15, 0.2) is 0 Å². The highest BCUT2D eigenvalue weighted by molar-refractivity contribution is 5.75. The number of carbonyl (C=O) groups excluding carboxylic acids is 2. The molecule has 0 rings (SSSR count). The first-order chi connectivity index (χ1) is 7.16. The molecule has 0 heterocycles. The summed E-state index contributed by atoms with van der Waals surface area (Å²) in [4.78, 5) is 23.2. The minimum Gasteiger partial charge on any atom is -0.309 e. The molecule has 5 nitrogen and oxygen atoms in total. The highest BCUT2D eigenvalue weighted by atomic mass is 16.2. The summed E-state index contributed by atoms with van der Waals surface area (Å²) in [5.74, 6) is -0.0540. The van der Waals surface area contributed by atoms with Gasteiger partial charge in [-0.2, -0.15) is 0 Å². The molecule has 0 saturated heterocycles. The number of nitrogens with zero attached hydrogens (tertiary/aromatic N) is 1. The van der Waals surface area contributed by atoms with Crippen LogP contribution in [0.3, 0.4) is 0 Å². The van der Waals surface area contributed by atoms with Gasteiger partial charge < -0.3 is 9.69 Å². The zero-order valence-corrected chi connectivity index (χ0v) is 9.58. The van der Waals surface area contributed by atoms with Crippen LogP contribution >= 0.6 is 0 Å². The largest absolute Gasteiger partial charge is 0.309 e. The van der Waals surface area contributed by atoms with E-state index in [1.165, 1.54) is 0 Å². The second-order valence-corrected chi connectivity index (χ2v) is 3.69. The Bertz CT molecular complexity index is 184. The Labute approximate surface area is 91.2 Å². The average Bonchev–Trinajstić information content (AvgIpc) is 2.17. The molecule has 0 fully saturated rings. The van der Waals surface area contributed by atoms with E-state index < -0.39 is 0 Å². The Morgan fingerprint density at radius 3 is 2.67 bits per heavy atom. The molecule has 0 aliphatic rings. The third kappa shape index (κ3) is 11.0. The Morgan fingerprint density at radius 1 is 1.33 bits per heavy atom. The average molecular weight is 215 g/mol. The molecular formula is C10H21N3O2. The predicted octanol–water partition coefficient (Wildman–Crippen LogP) is -0.0719. The van der Waals surface area contributed by atoms with Crippen molar-refractivity contribution in [2.24, 2.45) is 0 Å². The molecule has 0 bridgehead atoms. The van der Waals surface area contributed by atoms with E-state index in [2.05, 4.69) is 15.8 Å². The molecule has 0 spiro atoms. The summed E-state index contributed by atoms with van der Waals surface area (Å²) in [7, 11) is 4.02. The van der Waals surface area contributed by atoms with E-state index in [4.69, 9.17) is 0 Å². The minimum atomic E-state index is -0.0540. The van der Waals surface area contributed by atoms with E-state index in [9.17, 15) is 9.59 Å². The number of hydrogen-bond acceptors (Lipinski definition) is 4. The molecule has 1 amide bonds. The number of amides is 1. The second-order valence-electron chi connectivity index (χ2n) is 3.69. The molecule has 88 valence electrons. The lowest BCUT2D eigenvalue weighted by molar-refractivity contribution is -0.122. The van der Waals surface area contributed by atoms with Crippen LogP contribution in [-0.4, -0.2) is 44.3 Å². The molecule has 0 aromatic carbocycles. The van der Waals surface area contributed by atoms with Crippen LogP contribution in [0.4, 0.5) is 0 Å². The normalized spacial score (nSPS) is 10.3. The first-order valence-corrected chi connectivity index (χ1v) is 5.27. The Balaban J connectivity index is 3.20. The Kier molecular flexibility index (Phi) is 9.01. The van der Waals surface area contributed by atoms with Crippen LogP contribution in [-0.2, 0) is 9.59 Å². The first-order valence-electron chi connectivity index (χ1n) is 5.27. The minimum absolute atomic E-state index is 0.0540. The first kappa shape index (κ1) is 14.1. The zero-order chi connectivity index (χ0) is 11.5. The molecule has 0 aromatic heterocycles. The summed E-state index contributed by atoms with van der Waals surface area (Å²) in [5.41, 5.74) is 5.44. The number of carbonyl (C=O) groups is 2. The molecule has 0 aliphatic heterocycles. The summed E-state index contributed by atoms with van der Waals surface area (Å²) in [5, 5.41) is 0. The molecule has 0 aromatic rings. The van der Waals surface area contributed by atoms with E-state index in [1.54, 1.807) is 0 Å². The second kappa shape index (κ2) is 9.61. The number of nitrogens with one attached hydrogen (secondary N) is 2. The van der Waals surface area contributed by atoms with E-state index in [0.29, 0.717) is 19.3 Å². The monoisotopic (exact) mass is 215 g/mol. The van der Waals surface area contributed by atoms with Crippen molar-refractivity contribution in [1.82, 2.24) is 15.8 Å². The van der Waals surface area contributed by atoms with Crippen molar-refractivity contribution in [2.75, 3.05) is 27.2 Å². The topological polar surface area (TPSA) is 61.4 Å². The molecule has 2 N–H and O–H groups in total. The van der Waals surface area contributed by atoms with E-state index in [0.717, 1.165) is 25.8 Å². The molecule has 0 aliphatic carbocycles. The van der Waals surface area contributed by atoms with Gasteiger partial charge in [-0.3, -0.25) is 10.2 Å². The van der Waals surface area contributed by atoms with Gasteiger partial charge in [0.1, 0.15) is 6.29 Å². The lowest BCUT2D eigenvalue weighted by atomic mass is 10.2. The van der Waals surface area contributed by atoms with Gasteiger partial charge in [0.25, 0.3) is 0 Å². The lowest BCUT2D eigenvalue weighted by Crippen LogP contribution is -2.38. The van der Waals surface area contributed by atoms with Crippen molar-refractivity contribution in [2.45, 2.75) is 25.7 Å². The Hall–Kier alpha value is -0.940. The summed E-state index contributed by atoms with van der Waals surface area (Å²) >= 11 is 0. The van der Waals surface area contributed by atoms with Crippen molar-refractivity contribution < 1.29 is 9.59 Å². The maximum Gasteiger partial charge on any atom is 0.234 e. The van der Waals surface area contributed by atoms with Crippen LogP contribution in [0.1, 0.15) is 25.7 Å². The third-order valence-electron chi connectivity index (χ3n) is 1.86.